The Hall–Kier alpha value is -3.07. The minimum Gasteiger partial charge on any atom is -0.369 e. The zero-order valence-electron chi connectivity index (χ0n) is 16.8. The molecule has 0 aromatic carbocycles. The van der Waals surface area contributed by atoms with Crippen LogP contribution in [0.5, 0.6) is 0 Å². The third-order valence-electron chi connectivity index (χ3n) is 6.25. The average Bonchev–Trinajstić information content (AvgIpc) is 3.37. The molecule has 4 heterocycles. The number of rotatable bonds is 4. The Morgan fingerprint density at radius 2 is 2.17 bits per heavy atom. The molecule has 154 valence electrons. The van der Waals surface area contributed by atoms with E-state index in [1.165, 1.54) is 4.88 Å². The van der Waals surface area contributed by atoms with E-state index in [4.69, 9.17) is 9.97 Å². The molecule has 0 radical (unpaired) electrons. The Labute approximate surface area is 177 Å². The van der Waals surface area contributed by atoms with Crippen LogP contribution in [-0.4, -0.2) is 39.0 Å². The topological polar surface area (TPSA) is 109 Å². The van der Waals surface area contributed by atoms with Crippen LogP contribution in [0.25, 0.3) is 21.6 Å². The quantitative estimate of drug-likeness (QED) is 0.557. The van der Waals surface area contributed by atoms with Crippen molar-refractivity contribution >= 4 is 39.3 Å². The van der Waals surface area contributed by atoms with Crippen molar-refractivity contribution < 1.29 is 9.59 Å². The Balaban J connectivity index is 1.51. The fourth-order valence-corrected chi connectivity index (χ4v) is 5.57. The van der Waals surface area contributed by atoms with Gasteiger partial charge >= 0.3 is 6.03 Å². The molecule has 2 atom stereocenters. The van der Waals surface area contributed by atoms with E-state index in [0.29, 0.717) is 18.8 Å². The Morgan fingerprint density at radius 1 is 1.30 bits per heavy atom. The number of carbonyl (C=O) groups is 2. The standard InChI is InChI=1S/C21H22N6O2S/c1-11-12(2)30-18-15(11)17(24-16(25-18)13-5-4-8-22-9-13)23-10-14-6-3-7-21(14)19(28)26-20(29)27-21/h4-5,8-9,14H,3,6-7,10H2,1-2H3,(H,23,24,25)(H2,26,27,28,29). The molecular weight excluding hydrogens is 400 g/mol. The Kier molecular flexibility index (Phi) is 4.43. The molecule has 5 rings (SSSR count). The molecule has 2 unspecified atom stereocenters. The van der Waals surface area contributed by atoms with Crippen LogP contribution in [0, 0.1) is 19.8 Å². The lowest BCUT2D eigenvalue weighted by atomic mass is 9.87. The number of pyridine rings is 1. The van der Waals surface area contributed by atoms with Gasteiger partial charge in [-0.3, -0.25) is 15.1 Å². The fraction of sp³-hybridized carbons (Fsp3) is 0.381. The summed E-state index contributed by atoms with van der Waals surface area (Å²) in [6.45, 7) is 4.70. The molecule has 3 N–H and O–H groups in total. The minimum absolute atomic E-state index is 0.00385. The van der Waals surface area contributed by atoms with Gasteiger partial charge in [-0.2, -0.15) is 0 Å². The van der Waals surface area contributed by atoms with Gasteiger partial charge in [-0.15, -0.1) is 11.3 Å². The maximum absolute atomic E-state index is 12.5. The van der Waals surface area contributed by atoms with E-state index in [2.05, 4.69) is 34.8 Å². The van der Waals surface area contributed by atoms with Crippen molar-refractivity contribution in [2.45, 2.75) is 38.6 Å². The fourth-order valence-electron chi connectivity index (χ4n) is 4.54. The number of nitrogens with zero attached hydrogens (tertiary/aromatic N) is 3. The van der Waals surface area contributed by atoms with Gasteiger partial charge < -0.3 is 10.6 Å². The summed E-state index contributed by atoms with van der Waals surface area (Å²) < 4.78 is 0. The van der Waals surface area contributed by atoms with Crippen LogP contribution in [0.3, 0.4) is 0 Å². The van der Waals surface area contributed by atoms with Crippen LogP contribution in [0.1, 0.15) is 29.7 Å². The van der Waals surface area contributed by atoms with E-state index in [1.807, 2.05) is 12.1 Å². The van der Waals surface area contributed by atoms with Crippen LogP contribution in [0.4, 0.5) is 10.6 Å². The third-order valence-corrected chi connectivity index (χ3v) is 7.35. The minimum atomic E-state index is -0.817. The zero-order valence-corrected chi connectivity index (χ0v) is 17.6. The van der Waals surface area contributed by atoms with E-state index >= 15 is 0 Å². The van der Waals surface area contributed by atoms with Gasteiger partial charge in [0.1, 0.15) is 16.2 Å². The maximum Gasteiger partial charge on any atom is 0.322 e. The van der Waals surface area contributed by atoms with E-state index in [1.54, 1.807) is 23.7 Å². The van der Waals surface area contributed by atoms with E-state index < -0.39 is 11.6 Å². The van der Waals surface area contributed by atoms with Crippen molar-refractivity contribution in [3.8, 4) is 11.4 Å². The summed E-state index contributed by atoms with van der Waals surface area (Å²) in [5.41, 5.74) is 1.19. The summed E-state index contributed by atoms with van der Waals surface area (Å²) >= 11 is 1.65. The van der Waals surface area contributed by atoms with Gasteiger partial charge in [0.2, 0.25) is 0 Å². The number of nitrogens with one attached hydrogen (secondary N) is 3. The number of fused-ring (bicyclic) bond motifs is 1. The molecule has 3 amide bonds. The number of imide groups is 1. The van der Waals surface area contributed by atoms with Crippen LogP contribution in [0.2, 0.25) is 0 Å². The Bertz CT molecular complexity index is 1160. The molecule has 2 fully saturated rings. The van der Waals surface area contributed by atoms with Crippen molar-refractivity contribution in [3.63, 3.8) is 0 Å². The molecule has 1 saturated heterocycles. The maximum atomic E-state index is 12.5. The van der Waals surface area contributed by atoms with Crippen molar-refractivity contribution in [2.24, 2.45) is 5.92 Å². The van der Waals surface area contributed by atoms with Crippen molar-refractivity contribution in [2.75, 3.05) is 11.9 Å². The molecule has 9 heteroatoms. The highest BCUT2D eigenvalue weighted by atomic mass is 32.1. The lowest BCUT2D eigenvalue weighted by molar-refractivity contribution is -0.125. The predicted octanol–water partition coefficient (Wildman–Crippen LogP) is 3.16. The van der Waals surface area contributed by atoms with Gasteiger partial charge in [0, 0.05) is 35.3 Å². The number of hydrogen-bond acceptors (Lipinski definition) is 7. The highest BCUT2D eigenvalue weighted by Crippen LogP contribution is 2.39. The Morgan fingerprint density at radius 3 is 2.90 bits per heavy atom. The summed E-state index contributed by atoms with van der Waals surface area (Å²) in [5.74, 6) is 1.15. The van der Waals surface area contributed by atoms with Gasteiger partial charge in [-0.05, 0) is 44.4 Å². The number of hydrogen-bond donors (Lipinski definition) is 3. The predicted molar refractivity (Wildman–Crippen MR) is 115 cm³/mol. The first-order valence-corrected chi connectivity index (χ1v) is 10.9. The number of aryl methyl sites for hydroxylation is 2. The van der Waals surface area contributed by atoms with Crippen LogP contribution in [-0.2, 0) is 4.79 Å². The molecule has 8 nitrogen and oxygen atoms in total. The normalized spacial score (nSPS) is 23.2. The first kappa shape index (κ1) is 18.9. The molecule has 30 heavy (non-hydrogen) atoms. The number of amides is 3. The lowest BCUT2D eigenvalue weighted by Crippen LogP contribution is -2.51. The number of anilines is 1. The third kappa shape index (κ3) is 2.92. The van der Waals surface area contributed by atoms with Crippen LogP contribution < -0.4 is 16.0 Å². The van der Waals surface area contributed by atoms with Gasteiger partial charge in [0.05, 0.1) is 5.39 Å². The van der Waals surface area contributed by atoms with Gasteiger partial charge in [0.15, 0.2) is 5.82 Å². The van der Waals surface area contributed by atoms with Gasteiger partial charge in [-0.1, -0.05) is 6.42 Å². The van der Waals surface area contributed by atoms with E-state index in [9.17, 15) is 9.59 Å². The molecular formula is C21H22N6O2S. The van der Waals surface area contributed by atoms with Gasteiger partial charge in [-0.25, -0.2) is 14.8 Å². The summed E-state index contributed by atoms with van der Waals surface area (Å²) in [4.78, 5) is 40.1. The number of urea groups is 1. The first-order chi connectivity index (χ1) is 14.5. The molecule has 1 aliphatic heterocycles. The lowest BCUT2D eigenvalue weighted by Gasteiger charge is -2.28. The number of aromatic nitrogens is 3. The molecule has 0 bridgehead atoms. The molecule has 3 aromatic rings. The van der Waals surface area contributed by atoms with Crippen LogP contribution >= 0.6 is 11.3 Å². The molecule has 3 aromatic heterocycles. The van der Waals surface area contributed by atoms with E-state index in [0.717, 1.165) is 40.0 Å². The molecule has 1 aliphatic carbocycles. The summed E-state index contributed by atoms with van der Waals surface area (Å²) in [5, 5.41) is 9.77. The second-order valence-electron chi connectivity index (χ2n) is 7.95. The van der Waals surface area contributed by atoms with Crippen molar-refractivity contribution in [3.05, 3.63) is 35.0 Å². The highest BCUT2D eigenvalue weighted by Gasteiger charge is 2.54. The SMILES string of the molecule is Cc1sc2nc(-c3cccnc3)nc(NCC3CCCC34NC(=O)NC4=O)c2c1C. The highest BCUT2D eigenvalue weighted by molar-refractivity contribution is 7.18. The molecule has 1 spiro atoms. The zero-order chi connectivity index (χ0) is 20.9. The second kappa shape index (κ2) is 7.02. The number of carbonyl (C=O) groups excluding carboxylic acids is 2. The summed E-state index contributed by atoms with van der Waals surface area (Å²) in [7, 11) is 0. The molecule has 1 saturated carbocycles. The molecule has 2 aliphatic rings. The average molecular weight is 423 g/mol. The largest absolute Gasteiger partial charge is 0.369 e. The van der Waals surface area contributed by atoms with E-state index in [-0.39, 0.29) is 11.8 Å². The monoisotopic (exact) mass is 422 g/mol. The summed E-state index contributed by atoms with van der Waals surface area (Å²) in [6, 6.07) is 3.40. The smallest absolute Gasteiger partial charge is 0.322 e. The van der Waals surface area contributed by atoms with Crippen molar-refractivity contribution in [1.29, 1.82) is 0 Å². The number of thiophene rings is 1. The van der Waals surface area contributed by atoms with Crippen LogP contribution in [0.15, 0.2) is 24.5 Å². The first-order valence-electron chi connectivity index (χ1n) is 10.0. The van der Waals surface area contributed by atoms with Crippen molar-refractivity contribution in [1.82, 2.24) is 25.6 Å². The second-order valence-corrected chi connectivity index (χ2v) is 9.15. The summed E-state index contributed by atoms with van der Waals surface area (Å²) in [6.07, 6.45) is 5.90. The van der Waals surface area contributed by atoms with Gasteiger partial charge in [0.25, 0.3) is 5.91 Å².